The van der Waals surface area contributed by atoms with Crippen LogP contribution in [-0.2, 0) is 6.42 Å². The Kier molecular flexibility index (Phi) is 1.38. The Morgan fingerprint density at radius 3 is 2.83 bits per heavy atom. The quantitative estimate of drug-likeness (QED) is 0.626. The maximum absolute atomic E-state index is 9.37. The van der Waals surface area contributed by atoms with Crippen LogP contribution in [0, 0.1) is 11.3 Å². The van der Waals surface area contributed by atoms with E-state index in [1.807, 2.05) is 30.3 Å². The summed E-state index contributed by atoms with van der Waals surface area (Å²) in [7, 11) is 0. The van der Waals surface area contributed by atoms with Gasteiger partial charge in [-0.05, 0) is 11.1 Å². The van der Waals surface area contributed by atoms with Crippen LogP contribution in [0.25, 0.3) is 5.57 Å². The van der Waals surface area contributed by atoms with Crippen molar-refractivity contribution >= 4 is 5.57 Å². The van der Waals surface area contributed by atoms with Gasteiger partial charge in [-0.2, -0.15) is 5.26 Å². The zero-order chi connectivity index (χ0) is 8.55. The second-order valence-electron chi connectivity index (χ2n) is 2.77. The standard InChI is InChI=1S/C10H7NO/c11-6-9-8-4-2-1-3-7(8)5-10(9)12/h1-4,12H,5H2. The van der Waals surface area contributed by atoms with Crippen LogP contribution < -0.4 is 0 Å². The van der Waals surface area contributed by atoms with Crippen molar-refractivity contribution in [2.75, 3.05) is 0 Å². The van der Waals surface area contributed by atoms with Crippen molar-refractivity contribution in [3.8, 4) is 6.07 Å². The van der Waals surface area contributed by atoms with E-state index in [0.717, 1.165) is 11.1 Å². The van der Waals surface area contributed by atoms with Gasteiger partial charge in [-0.1, -0.05) is 24.3 Å². The summed E-state index contributed by atoms with van der Waals surface area (Å²) in [5, 5.41) is 18.1. The SMILES string of the molecule is N#CC1=C(O)Cc2ccccc21. The van der Waals surface area contributed by atoms with Crippen LogP contribution in [0.3, 0.4) is 0 Å². The minimum atomic E-state index is 0.193. The van der Waals surface area contributed by atoms with Crippen molar-refractivity contribution in [2.24, 2.45) is 0 Å². The first kappa shape index (κ1) is 6.93. The van der Waals surface area contributed by atoms with E-state index < -0.39 is 0 Å². The van der Waals surface area contributed by atoms with Crippen LogP contribution >= 0.6 is 0 Å². The molecule has 0 aromatic heterocycles. The monoisotopic (exact) mass is 157 g/mol. The summed E-state index contributed by atoms with van der Waals surface area (Å²) >= 11 is 0. The molecule has 2 nitrogen and oxygen atoms in total. The second kappa shape index (κ2) is 2.38. The molecule has 0 aliphatic heterocycles. The molecule has 58 valence electrons. The van der Waals surface area contributed by atoms with Gasteiger partial charge < -0.3 is 5.11 Å². The van der Waals surface area contributed by atoms with Crippen LogP contribution in [0.5, 0.6) is 0 Å². The molecule has 0 saturated carbocycles. The number of hydrogen-bond acceptors (Lipinski definition) is 2. The normalized spacial score (nSPS) is 14.2. The molecule has 2 heteroatoms. The predicted molar refractivity (Wildman–Crippen MR) is 45.3 cm³/mol. The summed E-state index contributed by atoms with van der Waals surface area (Å²) < 4.78 is 0. The molecular weight excluding hydrogens is 150 g/mol. The smallest absolute Gasteiger partial charge is 0.115 e. The molecule has 1 aromatic rings. The third kappa shape index (κ3) is 0.802. The molecule has 1 N–H and O–H groups in total. The van der Waals surface area contributed by atoms with Crippen LogP contribution in [0.4, 0.5) is 0 Å². The van der Waals surface area contributed by atoms with Crippen LogP contribution in [0.2, 0.25) is 0 Å². The molecule has 0 atom stereocenters. The average molecular weight is 157 g/mol. The molecule has 0 spiro atoms. The highest BCUT2D eigenvalue weighted by Gasteiger charge is 2.19. The Hall–Kier alpha value is -1.75. The average Bonchev–Trinajstić information content (AvgIpc) is 2.40. The highest BCUT2D eigenvalue weighted by molar-refractivity contribution is 5.83. The van der Waals surface area contributed by atoms with Crippen molar-refractivity contribution in [1.29, 1.82) is 5.26 Å². The number of fused-ring (bicyclic) bond motifs is 1. The van der Waals surface area contributed by atoms with Crippen molar-refractivity contribution in [1.82, 2.24) is 0 Å². The van der Waals surface area contributed by atoms with Gasteiger partial charge >= 0.3 is 0 Å². The Balaban J connectivity index is 2.63. The Morgan fingerprint density at radius 1 is 1.33 bits per heavy atom. The van der Waals surface area contributed by atoms with E-state index in [4.69, 9.17) is 5.26 Å². The summed E-state index contributed by atoms with van der Waals surface area (Å²) in [6, 6.07) is 9.56. The van der Waals surface area contributed by atoms with E-state index in [0.29, 0.717) is 12.0 Å². The predicted octanol–water partition coefficient (Wildman–Crippen LogP) is 2.04. The summed E-state index contributed by atoms with van der Waals surface area (Å²) in [5.41, 5.74) is 2.33. The highest BCUT2D eigenvalue weighted by atomic mass is 16.3. The fourth-order valence-electron chi connectivity index (χ4n) is 1.47. The van der Waals surface area contributed by atoms with Gasteiger partial charge in [0.15, 0.2) is 0 Å². The molecule has 1 aliphatic rings. The Morgan fingerprint density at radius 2 is 2.08 bits per heavy atom. The van der Waals surface area contributed by atoms with Crippen molar-refractivity contribution in [2.45, 2.75) is 6.42 Å². The van der Waals surface area contributed by atoms with Crippen LogP contribution in [0.1, 0.15) is 11.1 Å². The molecule has 12 heavy (non-hydrogen) atoms. The number of hydrogen-bond donors (Lipinski definition) is 1. The zero-order valence-corrected chi connectivity index (χ0v) is 6.41. The number of benzene rings is 1. The summed E-state index contributed by atoms with van der Waals surface area (Å²) in [4.78, 5) is 0. The van der Waals surface area contributed by atoms with Gasteiger partial charge in [0.1, 0.15) is 11.8 Å². The molecule has 1 aromatic carbocycles. The molecule has 0 unspecified atom stereocenters. The fourth-order valence-corrected chi connectivity index (χ4v) is 1.47. The molecular formula is C10H7NO. The van der Waals surface area contributed by atoms with Gasteiger partial charge in [0.25, 0.3) is 0 Å². The second-order valence-corrected chi connectivity index (χ2v) is 2.77. The largest absolute Gasteiger partial charge is 0.511 e. The number of nitriles is 1. The van der Waals surface area contributed by atoms with Gasteiger partial charge in [0.2, 0.25) is 0 Å². The van der Waals surface area contributed by atoms with Crippen LogP contribution in [-0.4, -0.2) is 5.11 Å². The molecule has 0 amide bonds. The van der Waals surface area contributed by atoms with Gasteiger partial charge in [-0.25, -0.2) is 0 Å². The first-order chi connectivity index (χ1) is 5.83. The number of allylic oxidation sites excluding steroid dienone is 2. The number of aliphatic hydroxyl groups excluding tert-OH is 1. The zero-order valence-electron chi connectivity index (χ0n) is 6.41. The summed E-state index contributed by atoms with van der Waals surface area (Å²) in [6.07, 6.45) is 0.499. The molecule has 0 saturated heterocycles. The Labute approximate surface area is 70.4 Å². The van der Waals surface area contributed by atoms with E-state index in [9.17, 15) is 5.11 Å². The minimum absolute atomic E-state index is 0.193. The maximum atomic E-state index is 9.37. The third-order valence-electron chi connectivity index (χ3n) is 2.04. The molecule has 0 radical (unpaired) electrons. The Bertz CT molecular complexity index is 399. The number of rotatable bonds is 0. The lowest BCUT2D eigenvalue weighted by Gasteiger charge is -1.95. The molecule has 0 heterocycles. The topological polar surface area (TPSA) is 44.0 Å². The van der Waals surface area contributed by atoms with E-state index in [1.165, 1.54) is 0 Å². The first-order valence-corrected chi connectivity index (χ1v) is 3.73. The van der Waals surface area contributed by atoms with Gasteiger partial charge in [-0.3, -0.25) is 0 Å². The fraction of sp³-hybridized carbons (Fsp3) is 0.100. The molecule has 2 rings (SSSR count). The van der Waals surface area contributed by atoms with E-state index in [2.05, 4.69) is 0 Å². The summed E-state index contributed by atoms with van der Waals surface area (Å²) in [6.45, 7) is 0. The lowest BCUT2D eigenvalue weighted by molar-refractivity contribution is 0.406. The van der Waals surface area contributed by atoms with Crippen molar-refractivity contribution in [3.05, 3.63) is 41.2 Å². The first-order valence-electron chi connectivity index (χ1n) is 3.73. The van der Waals surface area contributed by atoms with Crippen molar-refractivity contribution < 1.29 is 5.11 Å². The van der Waals surface area contributed by atoms with Gasteiger partial charge in [0, 0.05) is 6.42 Å². The lowest BCUT2D eigenvalue weighted by atomic mass is 10.1. The third-order valence-corrected chi connectivity index (χ3v) is 2.04. The van der Waals surface area contributed by atoms with Gasteiger partial charge in [-0.15, -0.1) is 0 Å². The lowest BCUT2D eigenvalue weighted by Crippen LogP contribution is -1.81. The summed E-state index contributed by atoms with van der Waals surface area (Å²) in [5.74, 6) is 0.193. The van der Waals surface area contributed by atoms with E-state index >= 15 is 0 Å². The van der Waals surface area contributed by atoms with E-state index in [-0.39, 0.29) is 5.76 Å². The van der Waals surface area contributed by atoms with E-state index in [1.54, 1.807) is 0 Å². The maximum Gasteiger partial charge on any atom is 0.115 e. The molecule has 1 aliphatic carbocycles. The molecule has 0 bridgehead atoms. The van der Waals surface area contributed by atoms with Crippen molar-refractivity contribution in [3.63, 3.8) is 0 Å². The molecule has 0 fully saturated rings. The highest BCUT2D eigenvalue weighted by Crippen LogP contribution is 2.30. The number of nitrogens with zero attached hydrogens (tertiary/aromatic N) is 1. The van der Waals surface area contributed by atoms with Gasteiger partial charge in [0.05, 0.1) is 5.57 Å². The minimum Gasteiger partial charge on any atom is -0.511 e. The number of aliphatic hydroxyl groups is 1. The van der Waals surface area contributed by atoms with Crippen LogP contribution in [0.15, 0.2) is 30.0 Å².